The summed E-state index contributed by atoms with van der Waals surface area (Å²) in [5.41, 5.74) is 0. The maximum atomic E-state index is 11.5. The number of carbonyl (C=O) groups excluding carboxylic acids is 1. The first-order chi connectivity index (χ1) is 8.76. The van der Waals surface area contributed by atoms with Gasteiger partial charge in [0.25, 0.3) is 0 Å². The molecule has 1 aromatic carbocycles. The molecule has 0 fully saturated rings. The highest BCUT2D eigenvalue weighted by Gasteiger charge is 2.12. The molecule has 1 aromatic rings. The van der Waals surface area contributed by atoms with Gasteiger partial charge in [0.2, 0.25) is 0 Å². The van der Waals surface area contributed by atoms with Crippen LogP contribution in [0.5, 0.6) is 5.75 Å². The number of ether oxygens (including phenoxy) is 2. The van der Waals surface area contributed by atoms with E-state index in [9.17, 15) is 4.79 Å². The number of carbonyl (C=O) groups is 1. The number of unbranched alkanes of at least 4 members (excludes halogenated alkanes) is 2. The van der Waals surface area contributed by atoms with Crippen molar-refractivity contribution in [3.8, 4) is 5.75 Å². The number of rotatable bonds is 7. The largest absolute Gasteiger partial charge is 0.514 e. The van der Waals surface area contributed by atoms with Gasteiger partial charge in [-0.25, -0.2) is 4.79 Å². The number of para-hydroxylation sites is 1. The van der Waals surface area contributed by atoms with Gasteiger partial charge in [-0.3, -0.25) is 0 Å². The molecule has 0 bridgehead atoms. The Morgan fingerprint density at radius 1 is 1.33 bits per heavy atom. The van der Waals surface area contributed by atoms with Crippen LogP contribution in [0.25, 0.3) is 0 Å². The van der Waals surface area contributed by atoms with Crippen molar-refractivity contribution >= 4 is 6.16 Å². The smallest absolute Gasteiger partial charge is 0.426 e. The van der Waals surface area contributed by atoms with E-state index >= 15 is 0 Å². The van der Waals surface area contributed by atoms with Gasteiger partial charge < -0.3 is 9.47 Å². The quantitative estimate of drug-likeness (QED) is 0.312. The standard InChI is InChI=1S/C15H20O3/c1-3-5-7-10-13(4-2)17-15(16)18-14-11-8-6-9-12-14/h4,6,8-9,11-13H,2-3,5,7,10H2,1H3. The molecule has 0 amide bonds. The SMILES string of the molecule is C=CC(CCCCC)OC(=O)Oc1ccccc1. The molecule has 98 valence electrons. The third-order valence-electron chi connectivity index (χ3n) is 2.55. The first kappa shape index (κ1) is 14.3. The van der Waals surface area contributed by atoms with Crippen LogP contribution in [0, 0.1) is 0 Å². The molecule has 18 heavy (non-hydrogen) atoms. The summed E-state index contributed by atoms with van der Waals surface area (Å²) in [4.78, 5) is 11.5. The second-order valence-corrected chi connectivity index (χ2v) is 4.05. The summed E-state index contributed by atoms with van der Waals surface area (Å²) >= 11 is 0. The number of benzene rings is 1. The molecule has 0 N–H and O–H groups in total. The summed E-state index contributed by atoms with van der Waals surface area (Å²) < 4.78 is 10.2. The van der Waals surface area contributed by atoms with Crippen molar-refractivity contribution in [1.82, 2.24) is 0 Å². The number of hydrogen-bond donors (Lipinski definition) is 0. The van der Waals surface area contributed by atoms with Gasteiger partial charge in [-0.05, 0) is 25.0 Å². The van der Waals surface area contributed by atoms with Crippen molar-refractivity contribution in [3.63, 3.8) is 0 Å². The molecule has 0 spiro atoms. The van der Waals surface area contributed by atoms with Crippen LogP contribution in [0.1, 0.15) is 32.6 Å². The van der Waals surface area contributed by atoms with Crippen molar-refractivity contribution < 1.29 is 14.3 Å². The van der Waals surface area contributed by atoms with Crippen molar-refractivity contribution in [2.45, 2.75) is 38.7 Å². The van der Waals surface area contributed by atoms with Crippen LogP contribution in [0.4, 0.5) is 4.79 Å². The molecule has 0 aliphatic rings. The average Bonchev–Trinajstić information content (AvgIpc) is 2.39. The zero-order valence-electron chi connectivity index (χ0n) is 10.8. The second kappa shape index (κ2) is 8.34. The molecule has 0 saturated carbocycles. The summed E-state index contributed by atoms with van der Waals surface area (Å²) in [6.45, 7) is 5.80. The fourth-order valence-electron chi connectivity index (χ4n) is 1.55. The van der Waals surface area contributed by atoms with Gasteiger partial charge >= 0.3 is 6.16 Å². The highest BCUT2D eigenvalue weighted by molar-refractivity contribution is 5.64. The predicted octanol–water partition coefficient (Wildman–Crippen LogP) is 4.34. The monoisotopic (exact) mass is 248 g/mol. The van der Waals surface area contributed by atoms with E-state index in [0.717, 1.165) is 25.7 Å². The lowest BCUT2D eigenvalue weighted by Crippen LogP contribution is -2.19. The minimum Gasteiger partial charge on any atom is -0.426 e. The summed E-state index contributed by atoms with van der Waals surface area (Å²) in [6, 6.07) is 8.88. The molecule has 3 nitrogen and oxygen atoms in total. The van der Waals surface area contributed by atoms with E-state index in [1.165, 1.54) is 0 Å². The summed E-state index contributed by atoms with van der Waals surface area (Å²) in [5.74, 6) is 0.485. The van der Waals surface area contributed by atoms with Gasteiger partial charge in [0.15, 0.2) is 0 Å². The Hall–Kier alpha value is -1.77. The Kier molecular flexibility index (Phi) is 6.62. The predicted molar refractivity (Wildman–Crippen MR) is 71.7 cm³/mol. The van der Waals surface area contributed by atoms with Crippen molar-refractivity contribution in [2.24, 2.45) is 0 Å². The molecule has 0 heterocycles. The second-order valence-electron chi connectivity index (χ2n) is 4.05. The van der Waals surface area contributed by atoms with Gasteiger partial charge in [-0.2, -0.15) is 0 Å². The average molecular weight is 248 g/mol. The van der Waals surface area contributed by atoms with E-state index in [1.807, 2.05) is 6.07 Å². The minimum atomic E-state index is -0.678. The fraction of sp³-hybridized carbons (Fsp3) is 0.400. The van der Waals surface area contributed by atoms with Gasteiger partial charge in [0.1, 0.15) is 11.9 Å². The molecule has 0 saturated heterocycles. The molecular formula is C15H20O3. The Morgan fingerprint density at radius 3 is 2.67 bits per heavy atom. The lowest BCUT2D eigenvalue weighted by atomic mass is 10.1. The third kappa shape index (κ3) is 5.53. The van der Waals surface area contributed by atoms with Crippen LogP contribution >= 0.6 is 0 Å². The molecule has 1 rings (SSSR count). The molecule has 0 aromatic heterocycles. The highest BCUT2D eigenvalue weighted by Crippen LogP contribution is 2.12. The Bertz CT molecular complexity index is 359. The third-order valence-corrected chi connectivity index (χ3v) is 2.55. The normalized spacial score (nSPS) is 11.6. The van der Waals surface area contributed by atoms with Crippen molar-refractivity contribution in [3.05, 3.63) is 43.0 Å². The maximum Gasteiger partial charge on any atom is 0.514 e. The van der Waals surface area contributed by atoms with Crippen molar-refractivity contribution in [1.29, 1.82) is 0 Å². The van der Waals surface area contributed by atoms with Gasteiger partial charge in [0.05, 0.1) is 0 Å². The van der Waals surface area contributed by atoms with Crippen LogP contribution in [0.15, 0.2) is 43.0 Å². The topological polar surface area (TPSA) is 35.5 Å². The van der Waals surface area contributed by atoms with E-state index in [-0.39, 0.29) is 6.10 Å². The van der Waals surface area contributed by atoms with E-state index in [1.54, 1.807) is 30.3 Å². The molecule has 0 aliphatic heterocycles. The van der Waals surface area contributed by atoms with E-state index < -0.39 is 6.16 Å². The van der Waals surface area contributed by atoms with Crippen LogP contribution in [-0.4, -0.2) is 12.3 Å². The Balaban J connectivity index is 2.35. The fourth-order valence-corrected chi connectivity index (χ4v) is 1.55. The van der Waals surface area contributed by atoms with Gasteiger partial charge in [-0.15, -0.1) is 0 Å². The van der Waals surface area contributed by atoms with Gasteiger partial charge in [0, 0.05) is 0 Å². The molecular weight excluding hydrogens is 228 g/mol. The first-order valence-electron chi connectivity index (χ1n) is 6.32. The van der Waals surface area contributed by atoms with E-state index in [0.29, 0.717) is 5.75 Å². The van der Waals surface area contributed by atoms with E-state index in [4.69, 9.17) is 9.47 Å². The lowest BCUT2D eigenvalue weighted by molar-refractivity contribution is 0.0723. The zero-order chi connectivity index (χ0) is 13.2. The Labute approximate surface area is 108 Å². The van der Waals surface area contributed by atoms with E-state index in [2.05, 4.69) is 13.5 Å². The van der Waals surface area contributed by atoms with Crippen LogP contribution in [0.3, 0.4) is 0 Å². The van der Waals surface area contributed by atoms with Crippen LogP contribution in [-0.2, 0) is 4.74 Å². The van der Waals surface area contributed by atoms with Crippen LogP contribution in [0.2, 0.25) is 0 Å². The lowest BCUT2D eigenvalue weighted by Gasteiger charge is -2.13. The number of hydrogen-bond acceptors (Lipinski definition) is 3. The molecule has 0 aliphatic carbocycles. The van der Waals surface area contributed by atoms with Gasteiger partial charge in [-0.1, -0.05) is 50.6 Å². The Morgan fingerprint density at radius 2 is 2.06 bits per heavy atom. The maximum absolute atomic E-state index is 11.5. The molecule has 3 heteroatoms. The molecule has 1 atom stereocenters. The minimum absolute atomic E-state index is 0.271. The highest BCUT2D eigenvalue weighted by atomic mass is 16.7. The summed E-state index contributed by atoms with van der Waals surface area (Å²) in [6.07, 6.45) is 4.77. The zero-order valence-corrected chi connectivity index (χ0v) is 10.8. The molecule has 0 radical (unpaired) electrons. The summed E-state index contributed by atoms with van der Waals surface area (Å²) in [7, 11) is 0. The summed E-state index contributed by atoms with van der Waals surface area (Å²) in [5, 5.41) is 0. The van der Waals surface area contributed by atoms with Crippen molar-refractivity contribution in [2.75, 3.05) is 0 Å². The first-order valence-corrected chi connectivity index (χ1v) is 6.32. The van der Waals surface area contributed by atoms with Crippen LogP contribution < -0.4 is 4.74 Å². The molecule has 1 unspecified atom stereocenters.